The maximum absolute atomic E-state index is 5.40. The minimum atomic E-state index is 0.933. The number of benzene rings is 1. The molecule has 21 heavy (non-hydrogen) atoms. The largest absolute Gasteiger partial charge is 0.497 e. The second-order valence-corrected chi connectivity index (χ2v) is 5.63. The van der Waals surface area contributed by atoms with Gasteiger partial charge < -0.3 is 14.6 Å². The Balaban J connectivity index is 2.44. The van der Waals surface area contributed by atoms with Gasteiger partial charge in [0.1, 0.15) is 5.75 Å². The average Bonchev–Trinajstić information content (AvgIpc) is 2.77. The van der Waals surface area contributed by atoms with Gasteiger partial charge in [-0.2, -0.15) is 0 Å². The van der Waals surface area contributed by atoms with Gasteiger partial charge in [0, 0.05) is 29.7 Å². The van der Waals surface area contributed by atoms with Gasteiger partial charge in [0.05, 0.1) is 7.11 Å². The maximum Gasteiger partial charge on any atom is 0.119 e. The lowest BCUT2D eigenvalue weighted by atomic mass is 10.1. The second-order valence-electron chi connectivity index (χ2n) is 5.63. The molecule has 3 nitrogen and oxygen atoms in total. The Morgan fingerprint density at radius 3 is 2.67 bits per heavy atom. The van der Waals surface area contributed by atoms with Crippen LogP contribution in [0.15, 0.2) is 18.2 Å². The quantitative estimate of drug-likeness (QED) is 0.735. The van der Waals surface area contributed by atoms with E-state index in [9.17, 15) is 0 Å². The average molecular weight is 288 g/mol. The number of rotatable bonds is 8. The summed E-state index contributed by atoms with van der Waals surface area (Å²) in [6, 6.07) is 6.43. The molecule has 0 aliphatic heterocycles. The van der Waals surface area contributed by atoms with E-state index in [0.29, 0.717) is 0 Å². The number of hydrogen-bond donors (Lipinski definition) is 1. The summed E-state index contributed by atoms with van der Waals surface area (Å²) in [6.07, 6.45) is 3.61. The van der Waals surface area contributed by atoms with Crippen molar-refractivity contribution in [2.75, 3.05) is 13.7 Å². The standard InChI is InChI=1S/C18H28N2O/c1-5-7-11-20-14(3)17(13-19-10-6-2)16-12-15(21-4)8-9-18(16)20/h8-9,12,19H,5-7,10-11,13H2,1-4H3. The summed E-state index contributed by atoms with van der Waals surface area (Å²) in [7, 11) is 1.73. The molecule has 1 aromatic carbocycles. The van der Waals surface area contributed by atoms with Crippen molar-refractivity contribution in [3.8, 4) is 5.75 Å². The van der Waals surface area contributed by atoms with Gasteiger partial charge in [0.25, 0.3) is 0 Å². The molecule has 0 saturated heterocycles. The van der Waals surface area contributed by atoms with Crippen LogP contribution in [0, 0.1) is 6.92 Å². The van der Waals surface area contributed by atoms with Crippen LogP contribution in [0.1, 0.15) is 44.4 Å². The number of ether oxygens (including phenoxy) is 1. The Morgan fingerprint density at radius 2 is 2.00 bits per heavy atom. The van der Waals surface area contributed by atoms with E-state index in [0.717, 1.165) is 31.8 Å². The lowest BCUT2D eigenvalue weighted by molar-refractivity contribution is 0.415. The molecule has 0 atom stereocenters. The van der Waals surface area contributed by atoms with Crippen LogP contribution in [-0.2, 0) is 13.1 Å². The van der Waals surface area contributed by atoms with E-state index in [1.165, 1.54) is 35.0 Å². The Kier molecular flexibility index (Phi) is 5.68. The number of aryl methyl sites for hydroxylation is 1. The Labute approximate surface area is 128 Å². The number of aromatic nitrogens is 1. The van der Waals surface area contributed by atoms with E-state index in [4.69, 9.17) is 4.74 Å². The molecule has 116 valence electrons. The lowest BCUT2D eigenvalue weighted by Gasteiger charge is -2.08. The predicted molar refractivity (Wildman–Crippen MR) is 90.1 cm³/mol. The van der Waals surface area contributed by atoms with Crippen LogP contribution in [0.5, 0.6) is 5.75 Å². The minimum absolute atomic E-state index is 0.933. The molecule has 1 aromatic heterocycles. The van der Waals surface area contributed by atoms with Gasteiger partial charge in [-0.05, 0) is 50.1 Å². The monoisotopic (exact) mass is 288 g/mol. The van der Waals surface area contributed by atoms with Crippen LogP contribution in [0.25, 0.3) is 10.9 Å². The summed E-state index contributed by atoms with van der Waals surface area (Å²) < 4.78 is 7.86. The number of hydrogen-bond acceptors (Lipinski definition) is 2. The van der Waals surface area contributed by atoms with E-state index < -0.39 is 0 Å². The van der Waals surface area contributed by atoms with Crippen molar-refractivity contribution in [1.82, 2.24) is 9.88 Å². The van der Waals surface area contributed by atoms with Gasteiger partial charge in [0.2, 0.25) is 0 Å². The SMILES string of the molecule is CCCCn1c(C)c(CNCCC)c2cc(OC)ccc21. The van der Waals surface area contributed by atoms with Crippen molar-refractivity contribution in [1.29, 1.82) is 0 Å². The normalized spacial score (nSPS) is 11.2. The van der Waals surface area contributed by atoms with Gasteiger partial charge in [-0.15, -0.1) is 0 Å². The van der Waals surface area contributed by atoms with Gasteiger partial charge in [0.15, 0.2) is 0 Å². The van der Waals surface area contributed by atoms with E-state index in [1.807, 2.05) is 0 Å². The lowest BCUT2D eigenvalue weighted by Crippen LogP contribution is -2.14. The number of methoxy groups -OCH3 is 1. The highest BCUT2D eigenvalue weighted by molar-refractivity contribution is 5.87. The van der Waals surface area contributed by atoms with Crippen LogP contribution in [0.3, 0.4) is 0 Å². The van der Waals surface area contributed by atoms with Crippen LogP contribution < -0.4 is 10.1 Å². The number of fused-ring (bicyclic) bond motifs is 1. The highest BCUT2D eigenvalue weighted by Gasteiger charge is 2.14. The topological polar surface area (TPSA) is 26.2 Å². The summed E-state index contributed by atoms with van der Waals surface area (Å²) in [4.78, 5) is 0. The van der Waals surface area contributed by atoms with Crippen molar-refractivity contribution in [3.63, 3.8) is 0 Å². The first kappa shape index (κ1) is 15.9. The molecule has 1 N–H and O–H groups in total. The zero-order valence-corrected chi connectivity index (χ0v) is 13.8. The third-order valence-corrected chi connectivity index (χ3v) is 4.13. The fraction of sp³-hybridized carbons (Fsp3) is 0.556. The molecule has 2 rings (SSSR count). The molecule has 0 saturated carbocycles. The van der Waals surface area contributed by atoms with Gasteiger partial charge in [-0.25, -0.2) is 0 Å². The molecule has 3 heteroatoms. The summed E-state index contributed by atoms with van der Waals surface area (Å²) in [5.74, 6) is 0.937. The molecule has 0 radical (unpaired) electrons. The highest BCUT2D eigenvalue weighted by Crippen LogP contribution is 2.29. The summed E-state index contributed by atoms with van der Waals surface area (Å²) in [5.41, 5.74) is 4.12. The zero-order chi connectivity index (χ0) is 15.2. The van der Waals surface area contributed by atoms with Crippen molar-refractivity contribution < 1.29 is 4.74 Å². The summed E-state index contributed by atoms with van der Waals surface area (Å²) >= 11 is 0. The maximum atomic E-state index is 5.40. The molecule has 0 bridgehead atoms. The van der Waals surface area contributed by atoms with Crippen molar-refractivity contribution in [2.24, 2.45) is 0 Å². The molecular formula is C18H28N2O. The molecule has 1 heterocycles. The van der Waals surface area contributed by atoms with Gasteiger partial charge in [-0.1, -0.05) is 20.3 Å². The van der Waals surface area contributed by atoms with Crippen molar-refractivity contribution in [2.45, 2.75) is 53.1 Å². The van der Waals surface area contributed by atoms with Gasteiger partial charge in [-0.3, -0.25) is 0 Å². The number of nitrogens with zero attached hydrogens (tertiary/aromatic N) is 1. The van der Waals surface area contributed by atoms with E-state index in [-0.39, 0.29) is 0 Å². The second kappa shape index (κ2) is 7.51. The van der Waals surface area contributed by atoms with Crippen molar-refractivity contribution >= 4 is 10.9 Å². The third kappa shape index (κ3) is 3.41. The Hall–Kier alpha value is -1.48. The molecular weight excluding hydrogens is 260 g/mol. The zero-order valence-electron chi connectivity index (χ0n) is 13.8. The molecule has 0 aliphatic rings. The molecule has 0 aliphatic carbocycles. The number of unbranched alkanes of at least 4 members (excludes halogenated alkanes) is 1. The van der Waals surface area contributed by atoms with E-state index in [2.05, 4.69) is 48.9 Å². The first-order valence-corrected chi connectivity index (χ1v) is 8.09. The Morgan fingerprint density at radius 1 is 1.19 bits per heavy atom. The minimum Gasteiger partial charge on any atom is -0.497 e. The summed E-state index contributed by atoms with van der Waals surface area (Å²) in [6.45, 7) is 9.78. The Bertz CT molecular complexity index is 586. The van der Waals surface area contributed by atoms with Gasteiger partial charge >= 0.3 is 0 Å². The number of nitrogens with one attached hydrogen (secondary N) is 1. The van der Waals surface area contributed by atoms with Crippen molar-refractivity contribution in [3.05, 3.63) is 29.5 Å². The molecule has 2 aromatic rings. The molecule has 0 unspecified atom stereocenters. The molecule has 0 amide bonds. The van der Waals surface area contributed by atoms with Crippen LogP contribution >= 0.6 is 0 Å². The predicted octanol–water partition coefficient (Wildman–Crippen LogP) is 4.26. The third-order valence-electron chi connectivity index (χ3n) is 4.13. The van der Waals surface area contributed by atoms with E-state index in [1.54, 1.807) is 7.11 Å². The first-order valence-electron chi connectivity index (χ1n) is 8.09. The fourth-order valence-corrected chi connectivity index (χ4v) is 2.88. The van der Waals surface area contributed by atoms with E-state index >= 15 is 0 Å². The van der Waals surface area contributed by atoms with Crippen LogP contribution in [0.2, 0.25) is 0 Å². The molecule has 0 fully saturated rings. The smallest absolute Gasteiger partial charge is 0.119 e. The van der Waals surface area contributed by atoms with Crippen LogP contribution in [0.4, 0.5) is 0 Å². The molecule has 0 spiro atoms. The fourth-order valence-electron chi connectivity index (χ4n) is 2.88. The summed E-state index contributed by atoms with van der Waals surface area (Å²) in [5, 5.41) is 4.86. The highest BCUT2D eigenvalue weighted by atomic mass is 16.5. The first-order chi connectivity index (χ1) is 10.2. The van der Waals surface area contributed by atoms with Crippen LogP contribution in [-0.4, -0.2) is 18.2 Å².